The number of hydrogen-bond acceptors (Lipinski definition) is 4. The molecular formula is C12H21N3O2S. The largest absolute Gasteiger partial charge is 0.481 e. The smallest absolute Gasteiger partial charge is 0.313 e. The second-order valence-electron chi connectivity index (χ2n) is 4.43. The zero-order valence-corrected chi connectivity index (χ0v) is 12.0. The highest BCUT2D eigenvalue weighted by Gasteiger charge is 2.10. The maximum absolute atomic E-state index is 10.6. The Kier molecular flexibility index (Phi) is 6.21. The van der Waals surface area contributed by atoms with Gasteiger partial charge in [-0.1, -0.05) is 25.1 Å². The molecule has 0 aliphatic carbocycles. The number of nitrogens with zero attached hydrogens (tertiary/aromatic N) is 3. The van der Waals surface area contributed by atoms with E-state index in [1.807, 2.05) is 24.8 Å². The predicted octanol–water partition coefficient (Wildman–Crippen LogP) is 1.57. The van der Waals surface area contributed by atoms with Gasteiger partial charge in [-0.25, -0.2) is 0 Å². The predicted molar refractivity (Wildman–Crippen MR) is 73.1 cm³/mol. The van der Waals surface area contributed by atoms with Gasteiger partial charge in [0.25, 0.3) is 0 Å². The fourth-order valence-electron chi connectivity index (χ4n) is 1.54. The standard InChI is InChI=1S/C12H21N3O2S/c1-4-5-10-8-11(18-9-12(16)17)15(13-10)7-6-14(2)3/h8H,4-7,9H2,1-3H3,(H,16,17). The summed E-state index contributed by atoms with van der Waals surface area (Å²) in [5.74, 6) is -0.712. The van der Waals surface area contributed by atoms with Crippen LogP contribution in [0.15, 0.2) is 11.1 Å². The molecule has 1 aromatic heterocycles. The number of aliphatic carboxylic acids is 1. The van der Waals surface area contributed by atoms with Crippen molar-refractivity contribution in [2.45, 2.75) is 31.3 Å². The second kappa shape index (κ2) is 7.43. The maximum atomic E-state index is 10.6. The van der Waals surface area contributed by atoms with E-state index in [0.717, 1.165) is 36.7 Å². The Morgan fingerprint density at radius 1 is 1.56 bits per heavy atom. The summed E-state index contributed by atoms with van der Waals surface area (Å²) in [7, 11) is 4.03. The van der Waals surface area contributed by atoms with Crippen LogP contribution in [0.3, 0.4) is 0 Å². The number of carbonyl (C=O) groups is 1. The molecule has 5 nitrogen and oxygen atoms in total. The van der Waals surface area contributed by atoms with E-state index in [-0.39, 0.29) is 5.75 Å². The number of likely N-dealkylation sites (N-methyl/N-ethyl adjacent to an activating group) is 1. The first-order valence-electron chi connectivity index (χ1n) is 6.09. The molecule has 0 saturated carbocycles. The average molecular weight is 271 g/mol. The van der Waals surface area contributed by atoms with Crippen LogP contribution >= 0.6 is 11.8 Å². The van der Waals surface area contributed by atoms with E-state index in [2.05, 4.69) is 16.9 Å². The SMILES string of the molecule is CCCc1cc(SCC(=O)O)n(CCN(C)C)n1. The summed E-state index contributed by atoms with van der Waals surface area (Å²) in [6.45, 7) is 3.80. The van der Waals surface area contributed by atoms with Crippen LogP contribution in [-0.4, -0.2) is 52.1 Å². The number of aromatic nitrogens is 2. The Balaban J connectivity index is 2.72. The molecule has 0 spiro atoms. The molecule has 0 fully saturated rings. The van der Waals surface area contributed by atoms with Gasteiger partial charge < -0.3 is 10.0 Å². The van der Waals surface area contributed by atoms with E-state index in [9.17, 15) is 4.79 Å². The zero-order chi connectivity index (χ0) is 13.5. The third kappa shape index (κ3) is 5.10. The Morgan fingerprint density at radius 2 is 2.28 bits per heavy atom. The van der Waals surface area contributed by atoms with Crippen molar-refractivity contribution in [3.8, 4) is 0 Å². The minimum absolute atomic E-state index is 0.0826. The molecule has 0 unspecified atom stereocenters. The molecule has 1 aromatic rings. The number of hydrogen-bond donors (Lipinski definition) is 1. The van der Waals surface area contributed by atoms with Gasteiger partial charge in [0.2, 0.25) is 0 Å². The van der Waals surface area contributed by atoms with Crippen molar-refractivity contribution in [1.29, 1.82) is 0 Å². The molecule has 0 aliphatic rings. The molecule has 0 amide bonds. The second-order valence-corrected chi connectivity index (χ2v) is 5.43. The molecule has 1 N–H and O–H groups in total. The highest BCUT2D eigenvalue weighted by atomic mass is 32.2. The minimum atomic E-state index is -0.794. The van der Waals surface area contributed by atoms with Crippen molar-refractivity contribution < 1.29 is 9.90 Å². The lowest BCUT2D eigenvalue weighted by molar-refractivity contribution is -0.133. The first-order chi connectivity index (χ1) is 8.52. The molecule has 0 aromatic carbocycles. The first kappa shape index (κ1) is 15.0. The molecule has 0 saturated heterocycles. The zero-order valence-electron chi connectivity index (χ0n) is 11.2. The van der Waals surface area contributed by atoms with Crippen molar-refractivity contribution >= 4 is 17.7 Å². The summed E-state index contributed by atoms with van der Waals surface area (Å²) < 4.78 is 1.92. The topological polar surface area (TPSA) is 58.4 Å². The van der Waals surface area contributed by atoms with Crippen LogP contribution in [0.5, 0.6) is 0 Å². The fraction of sp³-hybridized carbons (Fsp3) is 0.667. The van der Waals surface area contributed by atoms with Crippen LogP contribution < -0.4 is 0 Å². The third-order valence-corrected chi connectivity index (χ3v) is 3.42. The van der Waals surface area contributed by atoms with E-state index in [1.165, 1.54) is 11.8 Å². The summed E-state index contributed by atoms with van der Waals surface area (Å²) in [5, 5.41) is 14.2. The van der Waals surface area contributed by atoms with Crippen molar-refractivity contribution in [1.82, 2.24) is 14.7 Å². The van der Waals surface area contributed by atoms with Crippen LogP contribution in [0, 0.1) is 0 Å². The van der Waals surface area contributed by atoms with E-state index < -0.39 is 5.97 Å². The number of carboxylic acid groups (broad SMARTS) is 1. The number of thioether (sulfide) groups is 1. The van der Waals surface area contributed by atoms with Crippen LogP contribution in [0.2, 0.25) is 0 Å². The molecular weight excluding hydrogens is 250 g/mol. The fourth-order valence-corrected chi connectivity index (χ4v) is 2.31. The Hall–Kier alpha value is -1.01. The molecule has 102 valence electrons. The van der Waals surface area contributed by atoms with Crippen LogP contribution in [0.4, 0.5) is 0 Å². The van der Waals surface area contributed by atoms with E-state index in [0.29, 0.717) is 0 Å². The lowest BCUT2D eigenvalue weighted by atomic mass is 10.3. The lowest BCUT2D eigenvalue weighted by Crippen LogP contribution is -2.19. The van der Waals surface area contributed by atoms with Crippen molar-refractivity contribution in [2.75, 3.05) is 26.4 Å². The minimum Gasteiger partial charge on any atom is -0.481 e. The first-order valence-corrected chi connectivity index (χ1v) is 7.07. The van der Waals surface area contributed by atoms with Gasteiger partial charge in [0.1, 0.15) is 0 Å². The molecule has 6 heteroatoms. The van der Waals surface area contributed by atoms with Crippen LogP contribution in [-0.2, 0) is 17.8 Å². The Morgan fingerprint density at radius 3 is 2.83 bits per heavy atom. The van der Waals surface area contributed by atoms with Crippen LogP contribution in [0.1, 0.15) is 19.0 Å². The summed E-state index contributed by atoms with van der Waals surface area (Å²) in [6.07, 6.45) is 1.99. The number of rotatable bonds is 8. The van der Waals surface area contributed by atoms with Gasteiger partial charge in [0.15, 0.2) is 0 Å². The highest BCUT2D eigenvalue weighted by Crippen LogP contribution is 2.20. The quantitative estimate of drug-likeness (QED) is 0.727. The number of aryl methyl sites for hydroxylation is 1. The van der Waals surface area contributed by atoms with Gasteiger partial charge in [0.05, 0.1) is 23.0 Å². The molecule has 0 aliphatic heterocycles. The van der Waals surface area contributed by atoms with Crippen molar-refractivity contribution in [3.63, 3.8) is 0 Å². The lowest BCUT2D eigenvalue weighted by Gasteiger charge is -2.11. The van der Waals surface area contributed by atoms with Crippen LogP contribution in [0.25, 0.3) is 0 Å². The average Bonchev–Trinajstić information content (AvgIpc) is 2.66. The van der Waals surface area contributed by atoms with E-state index >= 15 is 0 Å². The molecule has 0 bridgehead atoms. The van der Waals surface area contributed by atoms with Gasteiger partial charge in [-0.05, 0) is 26.6 Å². The summed E-state index contributed by atoms with van der Waals surface area (Å²) in [4.78, 5) is 12.7. The Labute approximate surface area is 112 Å². The number of carboxylic acids is 1. The summed E-state index contributed by atoms with van der Waals surface area (Å²) in [5.41, 5.74) is 1.05. The Bertz CT molecular complexity index is 391. The van der Waals surface area contributed by atoms with Gasteiger partial charge in [0, 0.05) is 6.54 Å². The van der Waals surface area contributed by atoms with Gasteiger partial charge in [-0.2, -0.15) is 5.10 Å². The maximum Gasteiger partial charge on any atom is 0.313 e. The summed E-state index contributed by atoms with van der Waals surface area (Å²) in [6, 6.07) is 2.01. The monoisotopic (exact) mass is 271 g/mol. The molecule has 0 atom stereocenters. The highest BCUT2D eigenvalue weighted by molar-refractivity contribution is 7.99. The molecule has 18 heavy (non-hydrogen) atoms. The van der Waals surface area contributed by atoms with E-state index in [4.69, 9.17) is 5.11 Å². The molecule has 0 radical (unpaired) electrons. The van der Waals surface area contributed by atoms with Gasteiger partial charge >= 0.3 is 5.97 Å². The summed E-state index contributed by atoms with van der Waals surface area (Å²) >= 11 is 1.34. The van der Waals surface area contributed by atoms with Crippen molar-refractivity contribution in [3.05, 3.63) is 11.8 Å². The van der Waals surface area contributed by atoms with Gasteiger partial charge in [-0.15, -0.1) is 0 Å². The molecule has 1 rings (SSSR count). The normalized spacial score (nSPS) is 11.1. The van der Waals surface area contributed by atoms with E-state index in [1.54, 1.807) is 0 Å². The third-order valence-electron chi connectivity index (χ3n) is 2.40. The van der Waals surface area contributed by atoms with Gasteiger partial charge in [-0.3, -0.25) is 9.48 Å². The van der Waals surface area contributed by atoms with Crippen molar-refractivity contribution in [2.24, 2.45) is 0 Å². The molecule has 1 heterocycles.